The van der Waals surface area contributed by atoms with Crippen LogP contribution in [0.2, 0.25) is 0 Å². The summed E-state index contributed by atoms with van der Waals surface area (Å²) >= 11 is 0. The molecule has 0 saturated heterocycles. The largest absolute Gasteiger partial charge is 0.586 e. The molecule has 0 bridgehead atoms. The van der Waals surface area contributed by atoms with Crippen LogP contribution >= 0.6 is 0 Å². The Morgan fingerprint density at radius 3 is 2.64 bits per heavy atom. The average Bonchev–Trinajstić information content (AvgIpc) is 2.91. The van der Waals surface area contributed by atoms with E-state index in [0.29, 0.717) is 16.8 Å². The number of halogens is 2. The second-order valence-corrected chi connectivity index (χ2v) is 6.16. The fraction of sp³-hybridized carbons (Fsp3) is 0.167. The van der Waals surface area contributed by atoms with Gasteiger partial charge in [-0.1, -0.05) is 18.2 Å². The van der Waals surface area contributed by atoms with Gasteiger partial charge in [0.2, 0.25) is 5.91 Å². The van der Waals surface area contributed by atoms with Crippen LogP contribution in [0.5, 0.6) is 11.5 Å². The van der Waals surface area contributed by atoms with Crippen molar-refractivity contribution in [2.45, 2.75) is 12.5 Å². The number of carbonyl (C=O) groups is 2. The molecule has 0 spiro atoms. The first-order valence-electron chi connectivity index (χ1n) is 8.18. The molecule has 2 amide bonds. The van der Waals surface area contributed by atoms with Crippen molar-refractivity contribution in [3.05, 3.63) is 53.6 Å². The Balaban J connectivity index is 1.84. The Kier molecular flexibility index (Phi) is 4.00. The summed E-state index contributed by atoms with van der Waals surface area (Å²) in [7, 11) is 0. The summed E-state index contributed by atoms with van der Waals surface area (Å²) in [6, 6.07) is 10.8. The van der Waals surface area contributed by atoms with E-state index in [9.17, 15) is 18.4 Å². The van der Waals surface area contributed by atoms with Crippen LogP contribution in [0.15, 0.2) is 47.5 Å². The van der Waals surface area contributed by atoms with E-state index >= 15 is 0 Å². The lowest BCUT2D eigenvalue weighted by Gasteiger charge is -2.22. The lowest BCUT2D eigenvalue weighted by atomic mass is 9.99. The fourth-order valence-electron chi connectivity index (χ4n) is 3.10. The third kappa shape index (κ3) is 3.03. The number of amides is 2. The van der Waals surface area contributed by atoms with Gasteiger partial charge in [-0.15, -0.1) is 8.78 Å². The van der Waals surface area contributed by atoms with Gasteiger partial charge in [0.1, 0.15) is 6.54 Å². The van der Waals surface area contributed by atoms with Gasteiger partial charge in [-0.2, -0.15) is 0 Å². The highest BCUT2D eigenvalue weighted by Crippen LogP contribution is 2.42. The number of fused-ring (bicyclic) bond motifs is 2. The highest BCUT2D eigenvalue weighted by atomic mass is 19.3. The number of hydrogen-bond donors (Lipinski definition) is 2. The van der Waals surface area contributed by atoms with Crippen LogP contribution in [0.25, 0.3) is 0 Å². The van der Waals surface area contributed by atoms with Crippen LogP contribution in [0, 0.1) is 0 Å². The third-order valence-electron chi connectivity index (χ3n) is 4.23. The summed E-state index contributed by atoms with van der Waals surface area (Å²) in [6.07, 6.45) is -5.07. The van der Waals surface area contributed by atoms with Crippen molar-refractivity contribution < 1.29 is 27.8 Å². The van der Waals surface area contributed by atoms with E-state index < -0.39 is 24.3 Å². The van der Waals surface area contributed by atoms with Gasteiger partial charge in [-0.25, -0.2) is 0 Å². The van der Waals surface area contributed by atoms with Crippen LogP contribution in [0.4, 0.5) is 14.5 Å². The molecule has 2 heterocycles. The van der Waals surface area contributed by atoms with Crippen molar-refractivity contribution in [3.8, 4) is 11.5 Å². The lowest BCUT2D eigenvalue weighted by molar-refractivity contribution is -0.286. The minimum absolute atomic E-state index is 0.119. The Morgan fingerprint density at radius 2 is 1.89 bits per heavy atom. The molecule has 28 heavy (non-hydrogen) atoms. The minimum atomic E-state index is -3.76. The molecule has 0 aliphatic carbocycles. The molecule has 0 fully saturated rings. The molecule has 10 heteroatoms. The Bertz CT molecular complexity index is 1020. The van der Waals surface area contributed by atoms with E-state index in [-0.39, 0.29) is 23.8 Å². The number of aliphatic imine (C=N–C) groups is 1. The van der Waals surface area contributed by atoms with Gasteiger partial charge in [0.05, 0.1) is 11.4 Å². The molecule has 4 N–H and O–H groups in total. The molecule has 0 aromatic heterocycles. The third-order valence-corrected chi connectivity index (χ3v) is 4.23. The average molecular weight is 388 g/mol. The summed E-state index contributed by atoms with van der Waals surface area (Å²) in [6.45, 7) is -0.375. The maximum atomic E-state index is 13.3. The van der Waals surface area contributed by atoms with Crippen molar-refractivity contribution >= 4 is 23.2 Å². The van der Waals surface area contributed by atoms with Crippen molar-refractivity contribution in [2.24, 2.45) is 16.5 Å². The summed E-state index contributed by atoms with van der Waals surface area (Å²) in [5.74, 6) is -1.62. The number of benzene rings is 2. The monoisotopic (exact) mass is 388 g/mol. The summed E-state index contributed by atoms with van der Waals surface area (Å²) in [4.78, 5) is 29.5. The maximum Gasteiger partial charge on any atom is 0.586 e. The van der Waals surface area contributed by atoms with Crippen LogP contribution in [0.1, 0.15) is 11.1 Å². The zero-order valence-corrected chi connectivity index (χ0v) is 14.3. The van der Waals surface area contributed by atoms with Gasteiger partial charge >= 0.3 is 6.29 Å². The molecule has 8 nitrogen and oxygen atoms in total. The van der Waals surface area contributed by atoms with Crippen molar-refractivity contribution in [3.63, 3.8) is 0 Å². The quantitative estimate of drug-likeness (QED) is 0.812. The zero-order chi connectivity index (χ0) is 20.1. The van der Waals surface area contributed by atoms with Crippen molar-refractivity contribution in [1.29, 1.82) is 0 Å². The number of rotatable bonds is 3. The SMILES string of the molecule is NC(=O)CN1C(=O)C(N)N=C(c2ccc3c(c2)OC(F)(F)O3)c2ccccc21. The standard InChI is InChI=1S/C18H14F2N4O4/c19-18(20)27-12-6-5-9(7-13(12)28-18)15-10-3-1-2-4-11(10)24(8-14(21)25)17(26)16(22)23-15/h1-7,16H,8,22H2,(H2,21,25). The van der Waals surface area contributed by atoms with E-state index in [1.807, 2.05) is 0 Å². The lowest BCUT2D eigenvalue weighted by Crippen LogP contribution is -2.46. The molecule has 0 radical (unpaired) electrons. The van der Waals surface area contributed by atoms with E-state index in [0.717, 1.165) is 4.90 Å². The Labute approximate surface area is 157 Å². The molecule has 2 aliphatic rings. The van der Waals surface area contributed by atoms with E-state index in [1.54, 1.807) is 24.3 Å². The van der Waals surface area contributed by atoms with E-state index in [1.165, 1.54) is 18.2 Å². The van der Waals surface area contributed by atoms with Gasteiger partial charge in [0.15, 0.2) is 17.7 Å². The van der Waals surface area contributed by atoms with Gasteiger partial charge in [0, 0.05) is 11.1 Å². The zero-order valence-electron chi connectivity index (χ0n) is 14.3. The number of ether oxygens (including phenoxy) is 2. The molecule has 4 rings (SSSR count). The Hall–Kier alpha value is -3.53. The first kappa shape index (κ1) is 17.9. The number of nitrogens with two attached hydrogens (primary N) is 2. The second kappa shape index (κ2) is 6.27. The molecule has 2 aromatic carbocycles. The molecular weight excluding hydrogens is 374 g/mol. The van der Waals surface area contributed by atoms with Gasteiger partial charge < -0.3 is 20.9 Å². The highest BCUT2D eigenvalue weighted by Gasteiger charge is 2.43. The fourth-order valence-corrected chi connectivity index (χ4v) is 3.10. The van der Waals surface area contributed by atoms with Gasteiger partial charge in [-0.3, -0.25) is 19.5 Å². The molecule has 1 unspecified atom stereocenters. The molecule has 1 atom stereocenters. The number of hydrogen-bond acceptors (Lipinski definition) is 6. The summed E-state index contributed by atoms with van der Waals surface area (Å²) in [5.41, 5.74) is 12.7. The van der Waals surface area contributed by atoms with E-state index in [4.69, 9.17) is 11.5 Å². The number of benzodiazepines with no additional fused rings is 1. The van der Waals surface area contributed by atoms with Crippen LogP contribution in [-0.2, 0) is 9.59 Å². The normalized spacial score (nSPS) is 19.7. The number of carbonyl (C=O) groups excluding carboxylic acids is 2. The summed E-state index contributed by atoms with van der Waals surface area (Å²) in [5, 5.41) is 0. The van der Waals surface area contributed by atoms with Gasteiger partial charge in [0.25, 0.3) is 5.91 Å². The predicted molar refractivity (Wildman–Crippen MR) is 94.2 cm³/mol. The second-order valence-electron chi connectivity index (χ2n) is 6.16. The molecule has 144 valence electrons. The first-order valence-corrected chi connectivity index (χ1v) is 8.18. The molecule has 0 saturated carbocycles. The first-order chi connectivity index (χ1) is 13.2. The highest BCUT2D eigenvalue weighted by molar-refractivity contribution is 6.20. The number of para-hydroxylation sites is 1. The predicted octanol–water partition coefficient (Wildman–Crippen LogP) is 0.962. The smallest absolute Gasteiger partial charge is 0.395 e. The topological polar surface area (TPSA) is 120 Å². The Morgan fingerprint density at radius 1 is 1.18 bits per heavy atom. The number of anilines is 1. The molecule has 2 aliphatic heterocycles. The van der Waals surface area contributed by atoms with Crippen LogP contribution < -0.4 is 25.8 Å². The van der Waals surface area contributed by atoms with Crippen molar-refractivity contribution in [2.75, 3.05) is 11.4 Å². The maximum absolute atomic E-state index is 13.3. The molecular formula is C18H14F2N4O4. The van der Waals surface area contributed by atoms with Crippen LogP contribution in [-0.4, -0.2) is 36.5 Å². The van der Waals surface area contributed by atoms with Crippen LogP contribution in [0.3, 0.4) is 0 Å². The number of nitrogens with zero attached hydrogens (tertiary/aromatic N) is 2. The minimum Gasteiger partial charge on any atom is -0.395 e. The molecule has 2 aromatic rings. The number of alkyl halides is 2. The van der Waals surface area contributed by atoms with E-state index in [2.05, 4.69) is 14.5 Å². The van der Waals surface area contributed by atoms with Crippen molar-refractivity contribution in [1.82, 2.24) is 0 Å². The number of primary amides is 1. The summed E-state index contributed by atoms with van der Waals surface area (Å²) < 4.78 is 35.5. The van der Waals surface area contributed by atoms with Gasteiger partial charge in [-0.05, 0) is 24.3 Å².